The lowest BCUT2D eigenvalue weighted by Crippen LogP contribution is -2.27. The van der Waals surface area contributed by atoms with Gasteiger partial charge >= 0.3 is 0 Å². The lowest BCUT2D eigenvalue weighted by molar-refractivity contribution is -0.157. The van der Waals surface area contributed by atoms with Crippen LogP contribution in [-0.2, 0) is 14.3 Å². The Kier molecular flexibility index (Phi) is 1.56. The number of rotatable bonds is 0. The third-order valence-corrected chi connectivity index (χ3v) is 3.66. The summed E-state index contributed by atoms with van der Waals surface area (Å²) in [6, 6.07) is 0. The highest BCUT2D eigenvalue weighted by Gasteiger charge is 2.53. The molecule has 0 radical (unpaired) electrons. The van der Waals surface area contributed by atoms with Gasteiger partial charge in [0.15, 0.2) is 5.79 Å². The van der Waals surface area contributed by atoms with E-state index < -0.39 is 0 Å². The number of ketones is 1. The second-order valence-electron chi connectivity index (χ2n) is 4.39. The molecule has 3 aliphatic rings. The predicted molar refractivity (Wildman–Crippen MR) is 45.1 cm³/mol. The second-order valence-corrected chi connectivity index (χ2v) is 4.39. The second kappa shape index (κ2) is 2.55. The first kappa shape index (κ1) is 7.94. The van der Waals surface area contributed by atoms with Crippen LogP contribution >= 0.6 is 0 Å². The van der Waals surface area contributed by atoms with E-state index in [4.69, 9.17) is 9.47 Å². The van der Waals surface area contributed by atoms with Crippen LogP contribution in [0.4, 0.5) is 0 Å². The van der Waals surface area contributed by atoms with Crippen molar-refractivity contribution in [3.05, 3.63) is 0 Å². The van der Waals surface area contributed by atoms with Crippen molar-refractivity contribution in [1.29, 1.82) is 0 Å². The van der Waals surface area contributed by atoms with E-state index in [9.17, 15) is 4.79 Å². The van der Waals surface area contributed by atoms with Gasteiger partial charge in [-0.25, -0.2) is 0 Å². The molecule has 3 fully saturated rings. The van der Waals surface area contributed by atoms with E-state index in [1.807, 2.05) is 0 Å². The normalized spacial score (nSPS) is 41.7. The smallest absolute Gasteiger partial charge is 0.169 e. The molecule has 2 unspecified atom stereocenters. The van der Waals surface area contributed by atoms with Crippen molar-refractivity contribution in [2.75, 3.05) is 13.2 Å². The summed E-state index contributed by atoms with van der Waals surface area (Å²) in [6.07, 6.45) is 3.60. The van der Waals surface area contributed by atoms with Gasteiger partial charge in [0.05, 0.1) is 13.2 Å². The highest BCUT2D eigenvalue weighted by molar-refractivity contribution is 5.83. The van der Waals surface area contributed by atoms with Crippen LogP contribution in [0.3, 0.4) is 0 Å². The number of hydrogen-bond donors (Lipinski definition) is 0. The van der Waals surface area contributed by atoms with Gasteiger partial charge in [-0.3, -0.25) is 4.79 Å². The van der Waals surface area contributed by atoms with Crippen LogP contribution in [-0.4, -0.2) is 24.8 Å². The fourth-order valence-electron chi connectivity index (χ4n) is 3.05. The van der Waals surface area contributed by atoms with E-state index in [0.29, 0.717) is 24.9 Å². The van der Waals surface area contributed by atoms with Crippen molar-refractivity contribution in [2.24, 2.45) is 11.8 Å². The van der Waals surface area contributed by atoms with Crippen molar-refractivity contribution in [3.8, 4) is 0 Å². The molecule has 0 amide bonds. The molecule has 1 saturated heterocycles. The monoisotopic (exact) mass is 182 g/mol. The van der Waals surface area contributed by atoms with Crippen LogP contribution in [0.15, 0.2) is 0 Å². The molecule has 0 aromatic rings. The van der Waals surface area contributed by atoms with Crippen LogP contribution in [0.1, 0.15) is 25.7 Å². The topological polar surface area (TPSA) is 35.5 Å². The van der Waals surface area contributed by atoms with Gasteiger partial charge in [0, 0.05) is 25.2 Å². The summed E-state index contributed by atoms with van der Waals surface area (Å²) in [5.41, 5.74) is 0. The molecule has 3 nitrogen and oxygen atoms in total. The molecule has 2 saturated carbocycles. The highest BCUT2D eigenvalue weighted by Crippen LogP contribution is 2.50. The Hall–Kier alpha value is -0.410. The molecule has 0 aromatic carbocycles. The summed E-state index contributed by atoms with van der Waals surface area (Å²) in [5, 5.41) is 0. The zero-order valence-electron chi connectivity index (χ0n) is 7.62. The van der Waals surface area contributed by atoms with Gasteiger partial charge in [0.1, 0.15) is 5.78 Å². The van der Waals surface area contributed by atoms with Gasteiger partial charge in [0.25, 0.3) is 0 Å². The summed E-state index contributed by atoms with van der Waals surface area (Å²) in [6.45, 7) is 1.40. The standard InChI is InChI=1S/C10H14O3/c11-9-2-1-7-5-10(6-8(7)9)12-3-4-13-10/h7-8H,1-6H2. The van der Waals surface area contributed by atoms with Crippen molar-refractivity contribution >= 4 is 5.78 Å². The first-order chi connectivity index (χ1) is 6.29. The molecule has 0 N–H and O–H groups in total. The molecule has 3 heteroatoms. The Bertz CT molecular complexity index is 243. The molecule has 72 valence electrons. The van der Waals surface area contributed by atoms with E-state index in [0.717, 1.165) is 25.7 Å². The van der Waals surface area contributed by atoms with Crippen LogP contribution in [0.2, 0.25) is 0 Å². The minimum atomic E-state index is -0.356. The van der Waals surface area contributed by atoms with E-state index in [1.165, 1.54) is 0 Å². The molecule has 1 aliphatic heterocycles. The number of Topliss-reactive ketones (excluding diaryl/α,β-unsaturated/α-hetero) is 1. The Morgan fingerprint density at radius 2 is 2.00 bits per heavy atom. The molecule has 2 atom stereocenters. The molecule has 0 bridgehead atoms. The zero-order chi connectivity index (χ0) is 8.89. The Morgan fingerprint density at radius 3 is 2.69 bits per heavy atom. The number of carbonyl (C=O) groups is 1. The van der Waals surface area contributed by atoms with Crippen LogP contribution in [0.25, 0.3) is 0 Å². The van der Waals surface area contributed by atoms with Crippen molar-refractivity contribution < 1.29 is 14.3 Å². The maximum atomic E-state index is 11.5. The van der Waals surface area contributed by atoms with Gasteiger partial charge in [-0.15, -0.1) is 0 Å². The number of ether oxygens (including phenoxy) is 2. The van der Waals surface area contributed by atoms with Crippen molar-refractivity contribution in [2.45, 2.75) is 31.5 Å². The Labute approximate surface area is 77.4 Å². The van der Waals surface area contributed by atoms with Gasteiger partial charge < -0.3 is 9.47 Å². The fourth-order valence-corrected chi connectivity index (χ4v) is 3.05. The Balaban J connectivity index is 1.81. The maximum absolute atomic E-state index is 11.5. The van der Waals surface area contributed by atoms with E-state index in [1.54, 1.807) is 0 Å². The first-order valence-corrected chi connectivity index (χ1v) is 5.10. The molecule has 3 rings (SSSR count). The molecular weight excluding hydrogens is 168 g/mol. The first-order valence-electron chi connectivity index (χ1n) is 5.10. The quantitative estimate of drug-likeness (QED) is 0.563. The number of fused-ring (bicyclic) bond motifs is 1. The summed E-state index contributed by atoms with van der Waals surface area (Å²) in [5.74, 6) is 0.871. The largest absolute Gasteiger partial charge is 0.348 e. The van der Waals surface area contributed by atoms with Gasteiger partial charge in [-0.05, 0) is 12.3 Å². The van der Waals surface area contributed by atoms with Gasteiger partial charge in [0.2, 0.25) is 0 Å². The van der Waals surface area contributed by atoms with E-state index in [-0.39, 0.29) is 11.7 Å². The van der Waals surface area contributed by atoms with Crippen LogP contribution in [0, 0.1) is 11.8 Å². The molecule has 2 aliphatic carbocycles. The zero-order valence-corrected chi connectivity index (χ0v) is 7.62. The summed E-state index contributed by atoms with van der Waals surface area (Å²) in [4.78, 5) is 11.5. The molecule has 0 aromatic heterocycles. The molecular formula is C10H14O3. The van der Waals surface area contributed by atoms with Crippen LogP contribution in [0.5, 0.6) is 0 Å². The van der Waals surface area contributed by atoms with Gasteiger partial charge in [-0.2, -0.15) is 0 Å². The predicted octanol–water partition coefficient (Wildman–Crippen LogP) is 1.12. The van der Waals surface area contributed by atoms with E-state index >= 15 is 0 Å². The molecule has 13 heavy (non-hydrogen) atoms. The molecule has 1 spiro atoms. The number of carbonyl (C=O) groups excluding carboxylic acids is 1. The lowest BCUT2D eigenvalue weighted by atomic mass is 10.0. The van der Waals surface area contributed by atoms with E-state index in [2.05, 4.69) is 0 Å². The number of hydrogen-bond acceptors (Lipinski definition) is 3. The minimum Gasteiger partial charge on any atom is -0.348 e. The lowest BCUT2D eigenvalue weighted by Gasteiger charge is -2.21. The minimum absolute atomic E-state index is 0.248. The summed E-state index contributed by atoms with van der Waals surface area (Å²) in [7, 11) is 0. The van der Waals surface area contributed by atoms with Crippen molar-refractivity contribution in [1.82, 2.24) is 0 Å². The average Bonchev–Trinajstić information content (AvgIpc) is 2.76. The van der Waals surface area contributed by atoms with Crippen molar-refractivity contribution in [3.63, 3.8) is 0 Å². The SMILES string of the molecule is O=C1CCC2CC3(CC12)OCCO3. The summed E-state index contributed by atoms with van der Waals surface area (Å²) >= 11 is 0. The highest BCUT2D eigenvalue weighted by atomic mass is 16.7. The fraction of sp³-hybridized carbons (Fsp3) is 0.900. The third kappa shape index (κ3) is 1.07. The molecule has 1 heterocycles. The van der Waals surface area contributed by atoms with Crippen LogP contribution < -0.4 is 0 Å². The maximum Gasteiger partial charge on any atom is 0.169 e. The Morgan fingerprint density at radius 1 is 1.23 bits per heavy atom. The van der Waals surface area contributed by atoms with Gasteiger partial charge in [-0.1, -0.05) is 0 Å². The third-order valence-electron chi connectivity index (χ3n) is 3.66. The summed E-state index contributed by atoms with van der Waals surface area (Å²) < 4.78 is 11.2. The average molecular weight is 182 g/mol.